The quantitative estimate of drug-likeness (QED) is 0.491. The summed E-state index contributed by atoms with van der Waals surface area (Å²) in [6.45, 7) is 0.159. The molecular formula is C19H13BrN2O3. The van der Waals surface area contributed by atoms with Crippen LogP contribution in [0.15, 0.2) is 58.6 Å². The maximum atomic E-state index is 12.5. The largest absolute Gasteiger partial charge is 0.480 e. The minimum atomic E-state index is -0.447. The third-order valence-corrected chi connectivity index (χ3v) is 4.10. The van der Waals surface area contributed by atoms with Gasteiger partial charge in [0.1, 0.15) is 17.9 Å². The summed E-state index contributed by atoms with van der Waals surface area (Å²) >= 11 is 3.39. The fourth-order valence-electron chi connectivity index (χ4n) is 2.33. The van der Waals surface area contributed by atoms with E-state index in [0.29, 0.717) is 21.5 Å². The molecule has 0 radical (unpaired) electrons. The van der Waals surface area contributed by atoms with Crippen molar-refractivity contribution < 1.29 is 14.3 Å². The third kappa shape index (κ3) is 3.57. The molecule has 3 rings (SSSR count). The molecule has 1 aliphatic heterocycles. The maximum Gasteiger partial charge on any atom is 0.282 e. The van der Waals surface area contributed by atoms with Gasteiger partial charge in [-0.25, -0.2) is 5.01 Å². The zero-order valence-electron chi connectivity index (χ0n) is 13.0. The lowest BCUT2D eigenvalue weighted by molar-refractivity contribution is -0.117. The van der Waals surface area contributed by atoms with Gasteiger partial charge in [-0.3, -0.25) is 15.0 Å². The first-order valence-corrected chi connectivity index (χ1v) is 8.17. The molecule has 0 saturated carbocycles. The monoisotopic (exact) mass is 396 g/mol. The van der Waals surface area contributed by atoms with Gasteiger partial charge in [0, 0.05) is 0 Å². The predicted molar refractivity (Wildman–Crippen MR) is 98.5 cm³/mol. The number of hydrogen-bond acceptors (Lipinski definition) is 3. The van der Waals surface area contributed by atoms with Gasteiger partial charge in [0.25, 0.3) is 11.8 Å². The molecule has 0 bridgehead atoms. The van der Waals surface area contributed by atoms with E-state index in [9.17, 15) is 9.59 Å². The van der Waals surface area contributed by atoms with Crippen molar-refractivity contribution in [2.45, 2.75) is 0 Å². The molecule has 0 unspecified atom stereocenters. The van der Waals surface area contributed by atoms with Crippen LogP contribution in [0.1, 0.15) is 5.56 Å². The second-order valence-electron chi connectivity index (χ2n) is 5.16. The van der Waals surface area contributed by atoms with E-state index in [1.807, 2.05) is 6.07 Å². The van der Waals surface area contributed by atoms with Crippen LogP contribution in [-0.2, 0) is 9.59 Å². The first kappa shape index (κ1) is 16.8. The Morgan fingerprint density at radius 3 is 2.64 bits per heavy atom. The topological polar surface area (TPSA) is 58.6 Å². The van der Waals surface area contributed by atoms with Crippen LogP contribution in [0, 0.1) is 12.3 Å². The molecule has 0 aromatic heterocycles. The maximum absolute atomic E-state index is 12.5. The van der Waals surface area contributed by atoms with E-state index in [0.717, 1.165) is 0 Å². The Kier molecular flexibility index (Phi) is 4.87. The van der Waals surface area contributed by atoms with Crippen molar-refractivity contribution >= 4 is 39.5 Å². The summed E-state index contributed by atoms with van der Waals surface area (Å²) in [6.07, 6.45) is 6.71. The Labute approximate surface area is 153 Å². The van der Waals surface area contributed by atoms with Crippen molar-refractivity contribution in [2.24, 2.45) is 0 Å². The molecule has 0 aliphatic carbocycles. The lowest BCUT2D eigenvalue weighted by Crippen LogP contribution is -2.35. The van der Waals surface area contributed by atoms with Crippen LogP contribution in [-0.4, -0.2) is 18.4 Å². The first-order chi connectivity index (χ1) is 12.1. The van der Waals surface area contributed by atoms with Crippen molar-refractivity contribution in [1.82, 2.24) is 5.43 Å². The lowest BCUT2D eigenvalue weighted by atomic mass is 10.1. The number of carbonyl (C=O) groups is 2. The zero-order valence-corrected chi connectivity index (χ0v) is 14.6. The smallest absolute Gasteiger partial charge is 0.282 e. The van der Waals surface area contributed by atoms with Crippen molar-refractivity contribution in [1.29, 1.82) is 0 Å². The summed E-state index contributed by atoms with van der Waals surface area (Å²) in [5.74, 6) is 2.13. The summed E-state index contributed by atoms with van der Waals surface area (Å²) in [5.41, 5.74) is 3.91. The normalized spacial score (nSPS) is 15.2. The van der Waals surface area contributed by atoms with Crippen LogP contribution in [0.2, 0.25) is 0 Å². The highest BCUT2D eigenvalue weighted by Gasteiger charge is 2.34. The number of benzene rings is 2. The number of halogens is 1. The van der Waals surface area contributed by atoms with Gasteiger partial charge in [-0.15, -0.1) is 6.42 Å². The standard InChI is InChI=1S/C19H13BrN2O3/c1-2-10-25-17-9-8-13(12-16(17)20)11-15-18(23)21-22(19(15)24)14-6-4-3-5-7-14/h1,3-9,11-12H,10H2,(H,21,23)/b15-11-. The molecule has 1 N–H and O–H groups in total. The molecule has 1 aliphatic rings. The highest BCUT2D eigenvalue weighted by molar-refractivity contribution is 9.10. The highest BCUT2D eigenvalue weighted by Crippen LogP contribution is 2.28. The Balaban J connectivity index is 1.86. The van der Waals surface area contributed by atoms with E-state index in [2.05, 4.69) is 27.3 Å². The second kappa shape index (κ2) is 7.24. The SMILES string of the molecule is C#CCOc1ccc(/C=C2/C(=O)NN(c3ccccc3)C2=O)cc1Br. The minimum absolute atomic E-state index is 0.0630. The van der Waals surface area contributed by atoms with Gasteiger partial charge < -0.3 is 4.74 Å². The number of carbonyl (C=O) groups excluding carboxylic acids is 2. The van der Waals surface area contributed by atoms with Gasteiger partial charge in [0.05, 0.1) is 10.2 Å². The van der Waals surface area contributed by atoms with Crippen molar-refractivity contribution in [3.63, 3.8) is 0 Å². The van der Waals surface area contributed by atoms with E-state index >= 15 is 0 Å². The summed E-state index contributed by atoms with van der Waals surface area (Å²) in [6, 6.07) is 14.1. The van der Waals surface area contributed by atoms with E-state index in [4.69, 9.17) is 11.2 Å². The van der Waals surface area contributed by atoms with Crippen LogP contribution >= 0.6 is 15.9 Å². The second-order valence-corrected chi connectivity index (χ2v) is 6.01. The third-order valence-electron chi connectivity index (χ3n) is 3.48. The molecule has 2 amide bonds. The Hall–Kier alpha value is -3.04. The number of hydrazine groups is 1. The van der Waals surface area contributed by atoms with Gasteiger partial charge in [-0.2, -0.15) is 0 Å². The number of amides is 2. The number of hydrogen-bond donors (Lipinski definition) is 1. The van der Waals surface area contributed by atoms with Crippen LogP contribution in [0.3, 0.4) is 0 Å². The van der Waals surface area contributed by atoms with E-state index in [1.54, 1.807) is 42.5 Å². The summed E-state index contributed by atoms with van der Waals surface area (Å²) in [4.78, 5) is 24.7. The van der Waals surface area contributed by atoms with Gasteiger partial charge in [0.15, 0.2) is 0 Å². The number of anilines is 1. The molecule has 6 heteroatoms. The summed E-state index contributed by atoms with van der Waals surface area (Å²) in [7, 11) is 0. The van der Waals surface area contributed by atoms with Crippen LogP contribution in [0.25, 0.3) is 6.08 Å². The molecule has 2 aromatic carbocycles. The average molecular weight is 397 g/mol. The molecule has 5 nitrogen and oxygen atoms in total. The highest BCUT2D eigenvalue weighted by atomic mass is 79.9. The van der Waals surface area contributed by atoms with E-state index in [-0.39, 0.29) is 12.2 Å². The van der Waals surface area contributed by atoms with E-state index in [1.165, 1.54) is 11.1 Å². The summed E-state index contributed by atoms with van der Waals surface area (Å²) in [5, 5.41) is 1.23. The van der Waals surface area contributed by atoms with Crippen LogP contribution < -0.4 is 15.2 Å². The van der Waals surface area contributed by atoms with Gasteiger partial charge in [-0.05, 0) is 51.8 Å². The number of rotatable bonds is 4. The van der Waals surface area contributed by atoms with Gasteiger partial charge >= 0.3 is 0 Å². The molecular weight excluding hydrogens is 384 g/mol. The summed E-state index contributed by atoms with van der Waals surface area (Å²) < 4.78 is 6.05. The molecule has 0 atom stereocenters. The minimum Gasteiger partial charge on any atom is -0.480 e. The van der Waals surface area contributed by atoms with Gasteiger partial charge in [0.2, 0.25) is 0 Å². The van der Waals surface area contributed by atoms with Crippen molar-refractivity contribution in [3.8, 4) is 18.1 Å². The van der Waals surface area contributed by atoms with Crippen LogP contribution in [0.4, 0.5) is 5.69 Å². The number of terminal acetylenes is 1. The van der Waals surface area contributed by atoms with Gasteiger partial charge in [-0.1, -0.05) is 30.2 Å². The fourth-order valence-corrected chi connectivity index (χ4v) is 2.84. The number of ether oxygens (including phenoxy) is 1. The molecule has 1 saturated heterocycles. The molecule has 2 aromatic rings. The number of nitrogens with one attached hydrogen (secondary N) is 1. The molecule has 1 heterocycles. The van der Waals surface area contributed by atoms with Crippen molar-refractivity contribution in [2.75, 3.05) is 11.6 Å². The fraction of sp³-hybridized carbons (Fsp3) is 0.0526. The Morgan fingerprint density at radius 2 is 1.96 bits per heavy atom. The Morgan fingerprint density at radius 1 is 1.20 bits per heavy atom. The lowest BCUT2D eigenvalue weighted by Gasteiger charge is -2.13. The molecule has 1 fully saturated rings. The molecule has 25 heavy (non-hydrogen) atoms. The Bertz CT molecular complexity index is 901. The average Bonchev–Trinajstić information content (AvgIpc) is 2.90. The van der Waals surface area contributed by atoms with E-state index < -0.39 is 11.8 Å². The number of para-hydroxylation sites is 1. The van der Waals surface area contributed by atoms with Crippen molar-refractivity contribution in [3.05, 3.63) is 64.1 Å². The zero-order chi connectivity index (χ0) is 17.8. The molecule has 0 spiro atoms. The first-order valence-electron chi connectivity index (χ1n) is 7.38. The number of nitrogens with zero attached hydrogens (tertiary/aromatic N) is 1. The molecule has 124 valence electrons. The predicted octanol–water partition coefficient (Wildman–Crippen LogP) is 2.92. The van der Waals surface area contributed by atoms with Crippen LogP contribution in [0.5, 0.6) is 5.75 Å².